The smallest absolute Gasteiger partial charge is 0.317 e. The predicted molar refractivity (Wildman–Crippen MR) is 52.5 cm³/mol. The van der Waals surface area contributed by atoms with E-state index in [2.05, 4.69) is 36.6 Å². The molecule has 1 heterocycles. The molecule has 13 heavy (non-hydrogen) atoms. The largest absolute Gasteiger partial charge is 0.393 e. The number of cyclic esters (lactones) is 2. The standard InChI is InChI=1S/C8H8Br2O3/c9-8(10)2-1-4-5(3-8)7(12)13-6(4)11/h4-5H,1-3H2. The summed E-state index contributed by atoms with van der Waals surface area (Å²) < 4.78 is 4.39. The maximum absolute atomic E-state index is 11.2. The van der Waals surface area contributed by atoms with E-state index in [4.69, 9.17) is 0 Å². The topological polar surface area (TPSA) is 43.4 Å². The number of carbonyl (C=O) groups is 2. The average Bonchev–Trinajstić information content (AvgIpc) is 2.26. The molecule has 2 fully saturated rings. The van der Waals surface area contributed by atoms with Gasteiger partial charge in [0.25, 0.3) is 0 Å². The molecule has 5 heteroatoms. The number of esters is 2. The number of fused-ring (bicyclic) bond motifs is 1. The van der Waals surface area contributed by atoms with E-state index >= 15 is 0 Å². The van der Waals surface area contributed by atoms with Crippen molar-refractivity contribution in [1.29, 1.82) is 0 Å². The molecule has 0 bridgehead atoms. The highest BCUT2D eigenvalue weighted by molar-refractivity contribution is 9.25. The number of alkyl halides is 2. The fourth-order valence-corrected chi connectivity index (χ4v) is 3.07. The van der Waals surface area contributed by atoms with Crippen LogP contribution in [0.25, 0.3) is 0 Å². The van der Waals surface area contributed by atoms with Crippen LogP contribution in [0.4, 0.5) is 0 Å². The molecule has 0 radical (unpaired) electrons. The van der Waals surface area contributed by atoms with Crippen LogP contribution in [-0.4, -0.2) is 15.2 Å². The number of hydrogen-bond acceptors (Lipinski definition) is 3. The number of halogens is 2. The molecule has 1 saturated heterocycles. The number of carbonyl (C=O) groups excluding carboxylic acids is 2. The number of hydrogen-bond donors (Lipinski definition) is 0. The fraction of sp³-hybridized carbons (Fsp3) is 0.750. The van der Waals surface area contributed by atoms with Gasteiger partial charge >= 0.3 is 11.9 Å². The molecule has 0 N–H and O–H groups in total. The quantitative estimate of drug-likeness (QED) is 0.390. The van der Waals surface area contributed by atoms with Crippen LogP contribution in [0.15, 0.2) is 0 Å². The second-order valence-corrected chi connectivity index (χ2v) is 7.65. The van der Waals surface area contributed by atoms with Gasteiger partial charge in [0.15, 0.2) is 0 Å². The molecule has 2 atom stereocenters. The van der Waals surface area contributed by atoms with Crippen molar-refractivity contribution in [2.24, 2.45) is 11.8 Å². The van der Waals surface area contributed by atoms with Crippen molar-refractivity contribution in [2.45, 2.75) is 22.5 Å². The van der Waals surface area contributed by atoms with Crippen molar-refractivity contribution in [1.82, 2.24) is 0 Å². The highest BCUT2D eigenvalue weighted by Gasteiger charge is 2.50. The molecule has 0 aromatic heterocycles. The Hall–Kier alpha value is 0.1000. The Morgan fingerprint density at radius 3 is 2.54 bits per heavy atom. The maximum Gasteiger partial charge on any atom is 0.317 e. The first kappa shape index (κ1) is 9.65. The zero-order valence-corrected chi connectivity index (χ0v) is 9.93. The summed E-state index contributed by atoms with van der Waals surface area (Å²) in [6.45, 7) is 0. The Morgan fingerprint density at radius 1 is 1.23 bits per heavy atom. The van der Waals surface area contributed by atoms with Gasteiger partial charge < -0.3 is 4.74 Å². The summed E-state index contributed by atoms with van der Waals surface area (Å²) in [5, 5.41) is 0. The lowest BCUT2D eigenvalue weighted by Gasteiger charge is -2.30. The Labute approximate surface area is 92.5 Å². The van der Waals surface area contributed by atoms with Gasteiger partial charge in [-0.2, -0.15) is 0 Å². The van der Waals surface area contributed by atoms with E-state index in [9.17, 15) is 9.59 Å². The van der Waals surface area contributed by atoms with Gasteiger partial charge in [-0.1, -0.05) is 31.9 Å². The summed E-state index contributed by atoms with van der Waals surface area (Å²) >= 11 is 6.95. The van der Waals surface area contributed by atoms with E-state index in [-0.39, 0.29) is 27.0 Å². The van der Waals surface area contributed by atoms with Crippen LogP contribution in [-0.2, 0) is 14.3 Å². The van der Waals surface area contributed by atoms with E-state index in [1.54, 1.807) is 0 Å². The molecule has 2 rings (SSSR count). The lowest BCUT2D eigenvalue weighted by Crippen LogP contribution is -2.31. The van der Waals surface area contributed by atoms with Crippen molar-refractivity contribution < 1.29 is 14.3 Å². The Balaban J connectivity index is 2.20. The lowest BCUT2D eigenvalue weighted by molar-refractivity contribution is -0.153. The van der Waals surface area contributed by atoms with E-state index < -0.39 is 0 Å². The number of rotatable bonds is 0. The molecule has 0 aromatic carbocycles. The zero-order valence-electron chi connectivity index (χ0n) is 6.76. The molecular weight excluding hydrogens is 304 g/mol. The van der Waals surface area contributed by atoms with E-state index in [0.29, 0.717) is 12.8 Å². The van der Waals surface area contributed by atoms with E-state index in [0.717, 1.165) is 6.42 Å². The van der Waals surface area contributed by atoms with Crippen molar-refractivity contribution >= 4 is 43.8 Å². The highest BCUT2D eigenvalue weighted by Crippen LogP contribution is 2.48. The van der Waals surface area contributed by atoms with Gasteiger partial charge in [0.05, 0.1) is 15.1 Å². The molecule has 1 aliphatic carbocycles. The molecule has 72 valence electrons. The van der Waals surface area contributed by atoms with Gasteiger partial charge in [-0.15, -0.1) is 0 Å². The van der Waals surface area contributed by atoms with E-state index in [1.807, 2.05) is 0 Å². The monoisotopic (exact) mass is 310 g/mol. The van der Waals surface area contributed by atoms with Crippen molar-refractivity contribution in [3.63, 3.8) is 0 Å². The molecule has 0 amide bonds. The third-order valence-electron chi connectivity index (χ3n) is 2.63. The van der Waals surface area contributed by atoms with Crippen LogP contribution < -0.4 is 0 Å². The molecule has 2 aliphatic rings. The highest BCUT2D eigenvalue weighted by atomic mass is 79.9. The maximum atomic E-state index is 11.2. The van der Waals surface area contributed by atoms with Gasteiger partial charge in [0.2, 0.25) is 0 Å². The van der Waals surface area contributed by atoms with Gasteiger partial charge in [-0.05, 0) is 19.3 Å². The normalized spacial score (nSPS) is 37.1. The average molecular weight is 312 g/mol. The van der Waals surface area contributed by atoms with Crippen LogP contribution in [0.5, 0.6) is 0 Å². The second-order valence-electron chi connectivity index (χ2n) is 3.55. The first-order valence-electron chi connectivity index (χ1n) is 4.13. The van der Waals surface area contributed by atoms with Crippen LogP contribution in [0.1, 0.15) is 19.3 Å². The first-order valence-corrected chi connectivity index (χ1v) is 5.71. The summed E-state index contributed by atoms with van der Waals surface area (Å²) in [6.07, 6.45) is 2.19. The van der Waals surface area contributed by atoms with Crippen LogP contribution in [0.3, 0.4) is 0 Å². The van der Waals surface area contributed by atoms with Crippen molar-refractivity contribution in [3.05, 3.63) is 0 Å². The third kappa shape index (κ3) is 1.68. The Bertz CT molecular complexity index is 275. The molecule has 0 aromatic rings. The van der Waals surface area contributed by atoms with Gasteiger partial charge in [0.1, 0.15) is 0 Å². The predicted octanol–water partition coefficient (Wildman–Crippen LogP) is 1.97. The Kier molecular flexibility index (Phi) is 2.27. The SMILES string of the molecule is O=C1OC(=O)C2CC(Br)(Br)CCC12. The second kappa shape index (κ2) is 3.05. The summed E-state index contributed by atoms with van der Waals surface area (Å²) in [7, 11) is 0. The summed E-state index contributed by atoms with van der Waals surface area (Å²) in [6, 6.07) is 0. The van der Waals surface area contributed by atoms with Gasteiger partial charge in [-0.25, -0.2) is 0 Å². The van der Waals surface area contributed by atoms with E-state index in [1.165, 1.54) is 0 Å². The van der Waals surface area contributed by atoms with Crippen LogP contribution in [0.2, 0.25) is 0 Å². The molecule has 1 aliphatic heterocycles. The lowest BCUT2D eigenvalue weighted by atomic mass is 9.81. The fourth-order valence-electron chi connectivity index (χ4n) is 1.91. The summed E-state index contributed by atoms with van der Waals surface area (Å²) in [4.78, 5) is 22.4. The molecular formula is C8H8Br2O3. The first-order chi connectivity index (χ1) is 5.99. The Morgan fingerprint density at radius 2 is 1.85 bits per heavy atom. The van der Waals surface area contributed by atoms with Gasteiger partial charge in [-0.3, -0.25) is 9.59 Å². The molecule has 3 nitrogen and oxygen atoms in total. The summed E-state index contributed by atoms with van der Waals surface area (Å²) in [5.74, 6) is -1.15. The van der Waals surface area contributed by atoms with Crippen LogP contribution in [0, 0.1) is 11.8 Å². The number of ether oxygens (including phenoxy) is 1. The zero-order chi connectivity index (χ0) is 9.64. The summed E-state index contributed by atoms with van der Waals surface area (Å²) in [5.41, 5.74) is 0. The minimum Gasteiger partial charge on any atom is -0.393 e. The molecule has 1 saturated carbocycles. The minimum absolute atomic E-state index is 0.190. The minimum atomic E-state index is -0.363. The van der Waals surface area contributed by atoms with Crippen molar-refractivity contribution in [2.75, 3.05) is 0 Å². The van der Waals surface area contributed by atoms with Gasteiger partial charge in [0, 0.05) is 0 Å². The van der Waals surface area contributed by atoms with Crippen LogP contribution >= 0.6 is 31.9 Å². The molecule has 2 unspecified atom stereocenters. The third-order valence-corrected chi connectivity index (χ3v) is 4.07. The molecule has 0 spiro atoms. The van der Waals surface area contributed by atoms with Crippen molar-refractivity contribution in [3.8, 4) is 0 Å².